The summed E-state index contributed by atoms with van der Waals surface area (Å²) in [5.74, 6) is 0.905. The highest BCUT2D eigenvalue weighted by molar-refractivity contribution is 5.73. The number of hydrogen-bond acceptors (Lipinski definition) is 3. The van der Waals surface area contributed by atoms with Crippen LogP contribution in [-0.2, 0) is 21.4 Å². The highest BCUT2D eigenvalue weighted by Gasteiger charge is 2.20. The van der Waals surface area contributed by atoms with E-state index in [0.717, 1.165) is 35.4 Å². The summed E-state index contributed by atoms with van der Waals surface area (Å²) in [4.78, 5) is 12.1. The van der Waals surface area contributed by atoms with E-state index >= 15 is 0 Å². The maximum Gasteiger partial charge on any atom is 0.310 e. The number of aryl methyl sites for hydroxylation is 1. The second kappa shape index (κ2) is 9.84. The number of rotatable bonds is 9. The SMILES string of the molecule is Cc1cc(CC(=O)OCCCCCCC(C)C)cc(C(C)(C)C)c1O. The van der Waals surface area contributed by atoms with Gasteiger partial charge in [-0.2, -0.15) is 0 Å². The lowest BCUT2D eigenvalue weighted by Crippen LogP contribution is -2.14. The smallest absolute Gasteiger partial charge is 0.310 e. The molecule has 0 bridgehead atoms. The van der Waals surface area contributed by atoms with Crippen molar-refractivity contribution in [3.63, 3.8) is 0 Å². The van der Waals surface area contributed by atoms with Crippen LogP contribution in [0.3, 0.4) is 0 Å². The first kappa shape index (κ1) is 21.5. The molecule has 142 valence electrons. The first-order chi connectivity index (χ1) is 11.6. The summed E-state index contributed by atoms with van der Waals surface area (Å²) < 4.78 is 5.37. The van der Waals surface area contributed by atoms with E-state index in [9.17, 15) is 9.90 Å². The van der Waals surface area contributed by atoms with E-state index in [2.05, 4.69) is 34.6 Å². The van der Waals surface area contributed by atoms with Crippen LogP contribution in [0.5, 0.6) is 5.75 Å². The molecular weight excluding hydrogens is 312 g/mol. The van der Waals surface area contributed by atoms with Crippen LogP contribution >= 0.6 is 0 Å². The zero-order chi connectivity index (χ0) is 19.0. The van der Waals surface area contributed by atoms with Crippen LogP contribution in [0.25, 0.3) is 0 Å². The largest absolute Gasteiger partial charge is 0.507 e. The van der Waals surface area contributed by atoms with Gasteiger partial charge in [0.1, 0.15) is 5.75 Å². The molecule has 25 heavy (non-hydrogen) atoms. The standard InChI is InChI=1S/C22H36O3/c1-16(2)11-9-7-8-10-12-25-20(23)15-18-13-17(3)21(24)19(14-18)22(4,5)6/h13-14,16,24H,7-12,15H2,1-6H3. The molecule has 1 aromatic rings. The zero-order valence-corrected chi connectivity index (χ0v) is 16.9. The molecule has 0 saturated heterocycles. The third-order valence-corrected chi connectivity index (χ3v) is 4.46. The van der Waals surface area contributed by atoms with E-state index in [1.54, 1.807) is 0 Å². The van der Waals surface area contributed by atoms with Gasteiger partial charge in [0.25, 0.3) is 0 Å². The van der Waals surface area contributed by atoms with Gasteiger partial charge in [-0.1, -0.05) is 72.4 Å². The molecule has 1 rings (SSSR count). The fourth-order valence-corrected chi connectivity index (χ4v) is 2.94. The summed E-state index contributed by atoms with van der Waals surface area (Å²) in [6.07, 6.45) is 6.06. The molecule has 0 fully saturated rings. The third kappa shape index (κ3) is 7.94. The molecule has 0 radical (unpaired) electrons. The number of unbranched alkanes of at least 4 members (excludes halogenated alkanes) is 3. The summed E-state index contributed by atoms with van der Waals surface area (Å²) in [5, 5.41) is 10.3. The minimum atomic E-state index is -0.188. The Balaban J connectivity index is 2.44. The first-order valence-corrected chi connectivity index (χ1v) is 9.60. The quantitative estimate of drug-likeness (QED) is 0.460. The Bertz CT molecular complexity index is 553. The molecule has 1 aromatic carbocycles. The van der Waals surface area contributed by atoms with Crippen LogP contribution in [0.2, 0.25) is 0 Å². The fraction of sp³-hybridized carbons (Fsp3) is 0.682. The van der Waals surface area contributed by atoms with Gasteiger partial charge in [0.2, 0.25) is 0 Å². The number of ether oxygens (including phenoxy) is 1. The molecular formula is C22H36O3. The van der Waals surface area contributed by atoms with Crippen molar-refractivity contribution in [3.05, 3.63) is 28.8 Å². The van der Waals surface area contributed by atoms with Gasteiger partial charge in [-0.05, 0) is 41.4 Å². The van der Waals surface area contributed by atoms with Crippen LogP contribution in [-0.4, -0.2) is 17.7 Å². The monoisotopic (exact) mass is 348 g/mol. The van der Waals surface area contributed by atoms with Gasteiger partial charge in [-0.15, -0.1) is 0 Å². The Labute approximate surface area is 153 Å². The summed E-state index contributed by atoms with van der Waals surface area (Å²) in [6.45, 7) is 13.0. The molecule has 0 spiro atoms. The summed E-state index contributed by atoms with van der Waals surface area (Å²) in [6, 6.07) is 3.80. The number of benzene rings is 1. The Hall–Kier alpha value is -1.51. The molecule has 1 N–H and O–H groups in total. The maximum absolute atomic E-state index is 12.1. The lowest BCUT2D eigenvalue weighted by molar-refractivity contribution is -0.142. The normalized spacial score (nSPS) is 11.8. The van der Waals surface area contributed by atoms with Crippen LogP contribution in [0.1, 0.15) is 83.4 Å². The van der Waals surface area contributed by atoms with E-state index < -0.39 is 0 Å². The first-order valence-electron chi connectivity index (χ1n) is 9.60. The summed E-state index contributed by atoms with van der Waals surface area (Å²) >= 11 is 0. The van der Waals surface area contributed by atoms with Gasteiger partial charge in [0, 0.05) is 0 Å². The highest BCUT2D eigenvalue weighted by atomic mass is 16.5. The number of aromatic hydroxyl groups is 1. The molecule has 3 nitrogen and oxygen atoms in total. The molecule has 0 aromatic heterocycles. The second-order valence-corrected chi connectivity index (χ2v) is 8.55. The van der Waals surface area contributed by atoms with E-state index in [1.807, 2.05) is 19.1 Å². The Kier molecular flexibility index (Phi) is 8.47. The Morgan fingerprint density at radius 1 is 1.12 bits per heavy atom. The molecule has 3 heteroatoms. The molecule has 0 saturated carbocycles. The molecule has 0 atom stereocenters. The van der Waals surface area contributed by atoms with E-state index in [4.69, 9.17) is 4.74 Å². The molecule has 0 aliphatic carbocycles. The number of hydrogen-bond donors (Lipinski definition) is 1. The van der Waals surface area contributed by atoms with Crippen LogP contribution in [0.15, 0.2) is 12.1 Å². The molecule has 0 unspecified atom stereocenters. The average molecular weight is 349 g/mol. The number of carbonyl (C=O) groups is 1. The Morgan fingerprint density at radius 3 is 2.36 bits per heavy atom. The van der Waals surface area contributed by atoms with Crippen LogP contribution in [0.4, 0.5) is 0 Å². The topological polar surface area (TPSA) is 46.5 Å². The van der Waals surface area contributed by atoms with Crippen molar-refractivity contribution in [3.8, 4) is 5.75 Å². The van der Waals surface area contributed by atoms with E-state index in [1.165, 1.54) is 19.3 Å². The van der Waals surface area contributed by atoms with Crippen molar-refractivity contribution >= 4 is 5.97 Å². The van der Waals surface area contributed by atoms with E-state index in [-0.39, 0.29) is 17.8 Å². The highest BCUT2D eigenvalue weighted by Crippen LogP contribution is 2.34. The average Bonchev–Trinajstić information content (AvgIpc) is 2.48. The summed E-state index contributed by atoms with van der Waals surface area (Å²) in [7, 11) is 0. The van der Waals surface area contributed by atoms with E-state index in [0.29, 0.717) is 12.4 Å². The second-order valence-electron chi connectivity index (χ2n) is 8.55. The van der Waals surface area contributed by atoms with Crippen molar-refractivity contribution in [1.29, 1.82) is 0 Å². The Morgan fingerprint density at radius 2 is 1.76 bits per heavy atom. The number of carbonyl (C=O) groups excluding carboxylic acids is 1. The zero-order valence-electron chi connectivity index (χ0n) is 16.9. The third-order valence-electron chi connectivity index (χ3n) is 4.46. The van der Waals surface area contributed by atoms with Gasteiger partial charge < -0.3 is 9.84 Å². The van der Waals surface area contributed by atoms with Crippen molar-refractivity contribution in [2.24, 2.45) is 5.92 Å². The number of phenolic OH excluding ortho intramolecular Hbond substituents is 1. The molecule has 0 aliphatic rings. The van der Waals surface area contributed by atoms with Crippen molar-refractivity contribution in [2.75, 3.05) is 6.61 Å². The minimum absolute atomic E-state index is 0.162. The molecule has 0 amide bonds. The minimum Gasteiger partial charge on any atom is -0.507 e. The number of phenols is 1. The fourth-order valence-electron chi connectivity index (χ4n) is 2.94. The summed E-state index contributed by atoms with van der Waals surface area (Å²) in [5.41, 5.74) is 2.42. The predicted octanol–water partition coefficient (Wildman–Crippen LogP) is 5.69. The van der Waals surface area contributed by atoms with Gasteiger partial charge >= 0.3 is 5.97 Å². The van der Waals surface area contributed by atoms with Gasteiger partial charge in [0.05, 0.1) is 13.0 Å². The van der Waals surface area contributed by atoms with Gasteiger partial charge in [-0.25, -0.2) is 0 Å². The predicted molar refractivity (Wildman–Crippen MR) is 104 cm³/mol. The molecule has 0 heterocycles. The van der Waals surface area contributed by atoms with Crippen LogP contribution < -0.4 is 0 Å². The lowest BCUT2D eigenvalue weighted by Gasteiger charge is -2.22. The van der Waals surface area contributed by atoms with Crippen LogP contribution in [0, 0.1) is 12.8 Å². The number of esters is 1. The van der Waals surface area contributed by atoms with Crippen molar-refractivity contribution in [2.45, 2.75) is 85.5 Å². The maximum atomic E-state index is 12.1. The molecule has 0 aliphatic heterocycles. The van der Waals surface area contributed by atoms with Crippen molar-refractivity contribution in [1.82, 2.24) is 0 Å². The van der Waals surface area contributed by atoms with Gasteiger partial charge in [0.15, 0.2) is 0 Å². The lowest BCUT2D eigenvalue weighted by atomic mass is 9.84. The van der Waals surface area contributed by atoms with Crippen molar-refractivity contribution < 1.29 is 14.6 Å². The van der Waals surface area contributed by atoms with Gasteiger partial charge in [-0.3, -0.25) is 4.79 Å².